The van der Waals surface area contributed by atoms with Crippen LogP contribution in [0, 0.1) is 0 Å². The lowest BCUT2D eigenvalue weighted by Crippen LogP contribution is -1.88. The van der Waals surface area contributed by atoms with Crippen molar-refractivity contribution in [2.75, 3.05) is 19.5 Å². The van der Waals surface area contributed by atoms with Crippen molar-refractivity contribution in [3.05, 3.63) is 54.6 Å². The molecule has 2 aromatic carbocycles. The van der Waals surface area contributed by atoms with Crippen molar-refractivity contribution >= 4 is 16.3 Å². The van der Waals surface area contributed by atoms with Crippen molar-refractivity contribution in [3.8, 4) is 27.6 Å². The fraction of sp³-hybridized carbons (Fsp3) is 0.118. The van der Waals surface area contributed by atoms with Gasteiger partial charge in [0.25, 0.3) is 0 Å². The fourth-order valence-corrected chi connectivity index (χ4v) is 3.19. The Morgan fingerprint density at radius 3 is 2.43 bits per heavy atom. The molecule has 0 aliphatic rings. The van der Waals surface area contributed by atoms with E-state index in [1.54, 1.807) is 18.4 Å². The fourth-order valence-electron chi connectivity index (χ4n) is 2.22. The van der Waals surface area contributed by atoms with E-state index in [1.807, 2.05) is 49.5 Å². The van der Waals surface area contributed by atoms with Gasteiger partial charge in [-0.2, -0.15) is 0 Å². The van der Waals surface area contributed by atoms with E-state index in [4.69, 9.17) is 9.72 Å². The zero-order valence-corrected chi connectivity index (χ0v) is 12.8. The topological polar surface area (TPSA) is 34.1 Å². The Bertz CT molecular complexity index is 738. The number of nitrogens with zero attached hydrogens (tertiary/aromatic N) is 1. The van der Waals surface area contributed by atoms with E-state index >= 15 is 0 Å². The molecule has 0 bridgehead atoms. The molecule has 0 saturated heterocycles. The van der Waals surface area contributed by atoms with Crippen LogP contribution in [0.4, 0.5) is 5.00 Å². The molecule has 0 radical (unpaired) electrons. The summed E-state index contributed by atoms with van der Waals surface area (Å²) in [5.74, 6) is 0.841. The van der Waals surface area contributed by atoms with Gasteiger partial charge in [-0.05, 0) is 12.1 Å². The van der Waals surface area contributed by atoms with Crippen LogP contribution in [0.2, 0.25) is 0 Å². The summed E-state index contributed by atoms with van der Waals surface area (Å²) in [7, 11) is 3.61. The highest BCUT2D eigenvalue weighted by Crippen LogP contribution is 2.40. The van der Waals surface area contributed by atoms with Gasteiger partial charge in [0.15, 0.2) is 0 Å². The maximum atomic E-state index is 5.43. The maximum Gasteiger partial charge on any atom is 0.129 e. The second-order valence-electron chi connectivity index (χ2n) is 4.51. The van der Waals surface area contributed by atoms with Crippen molar-refractivity contribution in [2.24, 2.45) is 0 Å². The summed E-state index contributed by atoms with van der Waals surface area (Å²) >= 11 is 1.63. The highest BCUT2D eigenvalue weighted by atomic mass is 32.1. The average molecular weight is 296 g/mol. The van der Waals surface area contributed by atoms with Gasteiger partial charge in [0, 0.05) is 12.6 Å². The molecule has 0 spiro atoms. The van der Waals surface area contributed by atoms with Gasteiger partial charge in [0.1, 0.15) is 21.5 Å². The Labute approximate surface area is 128 Å². The molecule has 4 heteroatoms. The number of thiazole rings is 1. The summed E-state index contributed by atoms with van der Waals surface area (Å²) in [6, 6.07) is 18.2. The molecule has 0 aliphatic carbocycles. The van der Waals surface area contributed by atoms with Crippen LogP contribution in [-0.4, -0.2) is 19.1 Å². The van der Waals surface area contributed by atoms with Crippen molar-refractivity contribution in [3.63, 3.8) is 0 Å². The van der Waals surface area contributed by atoms with Crippen molar-refractivity contribution in [1.82, 2.24) is 4.98 Å². The van der Waals surface area contributed by atoms with Crippen LogP contribution in [0.5, 0.6) is 5.75 Å². The second-order valence-corrected chi connectivity index (χ2v) is 5.51. The monoisotopic (exact) mass is 296 g/mol. The minimum atomic E-state index is 0.841. The van der Waals surface area contributed by atoms with Crippen LogP contribution in [0.25, 0.3) is 21.8 Å². The number of aromatic nitrogens is 1. The van der Waals surface area contributed by atoms with Gasteiger partial charge in [0.05, 0.1) is 12.7 Å². The number of hydrogen-bond donors (Lipinski definition) is 1. The summed E-state index contributed by atoms with van der Waals surface area (Å²) in [6.07, 6.45) is 0. The molecular weight excluding hydrogens is 280 g/mol. The number of anilines is 1. The first-order chi connectivity index (χ1) is 10.3. The molecule has 0 aliphatic heterocycles. The third-order valence-electron chi connectivity index (χ3n) is 3.24. The van der Waals surface area contributed by atoms with E-state index in [0.717, 1.165) is 32.6 Å². The number of hydrogen-bond acceptors (Lipinski definition) is 4. The van der Waals surface area contributed by atoms with Gasteiger partial charge >= 0.3 is 0 Å². The maximum absolute atomic E-state index is 5.43. The number of ether oxygens (including phenoxy) is 1. The van der Waals surface area contributed by atoms with Crippen LogP contribution in [0.1, 0.15) is 0 Å². The van der Waals surface area contributed by atoms with Crippen molar-refractivity contribution < 1.29 is 4.74 Å². The number of nitrogens with one attached hydrogen (secondary N) is 1. The summed E-state index contributed by atoms with van der Waals surface area (Å²) in [5, 5.41) is 5.25. The predicted molar refractivity (Wildman–Crippen MR) is 89.1 cm³/mol. The minimum absolute atomic E-state index is 0.841. The Morgan fingerprint density at radius 2 is 1.71 bits per heavy atom. The molecule has 0 fully saturated rings. The van der Waals surface area contributed by atoms with E-state index in [0.29, 0.717) is 0 Å². The van der Waals surface area contributed by atoms with Gasteiger partial charge in [-0.3, -0.25) is 0 Å². The largest absolute Gasteiger partial charge is 0.496 e. The quantitative estimate of drug-likeness (QED) is 0.768. The number of methoxy groups -OCH3 is 1. The van der Waals surface area contributed by atoms with Gasteiger partial charge in [0.2, 0.25) is 0 Å². The molecule has 1 heterocycles. The molecule has 0 amide bonds. The Kier molecular flexibility index (Phi) is 3.88. The van der Waals surface area contributed by atoms with Gasteiger partial charge < -0.3 is 10.1 Å². The lowest BCUT2D eigenvalue weighted by molar-refractivity contribution is 0.416. The van der Waals surface area contributed by atoms with Crippen LogP contribution in [0.3, 0.4) is 0 Å². The summed E-state index contributed by atoms with van der Waals surface area (Å²) in [5.41, 5.74) is 3.10. The molecule has 1 N–H and O–H groups in total. The zero-order chi connectivity index (χ0) is 14.7. The smallest absolute Gasteiger partial charge is 0.129 e. The molecule has 3 aromatic rings. The third-order valence-corrected chi connectivity index (χ3v) is 4.34. The Morgan fingerprint density at radius 1 is 1.00 bits per heavy atom. The highest BCUT2D eigenvalue weighted by molar-refractivity contribution is 7.19. The van der Waals surface area contributed by atoms with E-state index in [9.17, 15) is 0 Å². The standard InChI is InChI=1S/C17H16N2OS/c1-18-17-15(12-8-4-3-5-9-12)19-16(21-17)13-10-6-7-11-14(13)20-2/h3-11,18H,1-2H3. The van der Waals surface area contributed by atoms with Crippen LogP contribution in [-0.2, 0) is 0 Å². The van der Waals surface area contributed by atoms with Crippen molar-refractivity contribution in [1.29, 1.82) is 0 Å². The molecule has 3 nitrogen and oxygen atoms in total. The first kappa shape index (κ1) is 13.6. The minimum Gasteiger partial charge on any atom is -0.496 e. The highest BCUT2D eigenvalue weighted by Gasteiger charge is 2.15. The molecule has 3 rings (SSSR count). The molecular formula is C17H16N2OS. The van der Waals surface area contributed by atoms with Crippen LogP contribution >= 0.6 is 11.3 Å². The second kappa shape index (κ2) is 5.97. The first-order valence-electron chi connectivity index (χ1n) is 6.71. The lowest BCUT2D eigenvalue weighted by atomic mass is 10.1. The third kappa shape index (κ3) is 2.62. The molecule has 0 atom stereocenters. The summed E-state index contributed by atoms with van der Waals surface area (Å²) in [6.45, 7) is 0. The van der Waals surface area contributed by atoms with E-state index in [2.05, 4.69) is 17.4 Å². The van der Waals surface area contributed by atoms with Crippen LogP contribution in [0.15, 0.2) is 54.6 Å². The number of benzene rings is 2. The number of para-hydroxylation sites is 1. The molecule has 0 saturated carbocycles. The van der Waals surface area contributed by atoms with Gasteiger partial charge in [-0.15, -0.1) is 0 Å². The molecule has 0 unspecified atom stereocenters. The average Bonchev–Trinajstić information content (AvgIpc) is 2.99. The zero-order valence-electron chi connectivity index (χ0n) is 12.0. The Hall–Kier alpha value is -2.33. The summed E-state index contributed by atoms with van der Waals surface area (Å²) in [4.78, 5) is 4.81. The molecule has 1 aromatic heterocycles. The van der Waals surface area contributed by atoms with E-state index in [-0.39, 0.29) is 0 Å². The van der Waals surface area contributed by atoms with Gasteiger partial charge in [-0.25, -0.2) is 4.98 Å². The molecule has 106 valence electrons. The van der Waals surface area contributed by atoms with Crippen LogP contribution < -0.4 is 10.1 Å². The predicted octanol–water partition coefficient (Wildman–Crippen LogP) is 4.53. The van der Waals surface area contributed by atoms with E-state index in [1.165, 1.54) is 0 Å². The SMILES string of the molecule is CNc1sc(-c2ccccc2OC)nc1-c1ccccc1. The first-order valence-corrected chi connectivity index (χ1v) is 7.52. The van der Waals surface area contributed by atoms with Gasteiger partial charge in [-0.1, -0.05) is 53.8 Å². The summed E-state index contributed by atoms with van der Waals surface area (Å²) < 4.78 is 5.43. The Balaban J connectivity index is 2.12. The normalized spacial score (nSPS) is 10.4. The lowest BCUT2D eigenvalue weighted by Gasteiger charge is -2.04. The molecule has 21 heavy (non-hydrogen) atoms. The van der Waals surface area contributed by atoms with E-state index < -0.39 is 0 Å². The number of rotatable bonds is 4. The van der Waals surface area contributed by atoms with Crippen molar-refractivity contribution in [2.45, 2.75) is 0 Å².